The van der Waals surface area contributed by atoms with Crippen molar-refractivity contribution in [2.24, 2.45) is 11.8 Å². The van der Waals surface area contributed by atoms with Gasteiger partial charge < -0.3 is 19.3 Å². The van der Waals surface area contributed by atoms with Gasteiger partial charge in [-0.3, -0.25) is 4.84 Å². The lowest BCUT2D eigenvalue weighted by Crippen LogP contribution is -2.46. The maximum Gasteiger partial charge on any atom is 0.350 e. The summed E-state index contributed by atoms with van der Waals surface area (Å²) < 4.78 is 45.7. The summed E-state index contributed by atoms with van der Waals surface area (Å²) >= 11 is 0. The molecule has 2 aliphatic heterocycles. The second kappa shape index (κ2) is 15.2. The molecule has 52 heavy (non-hydrogen) atoms. The highest BCUT2D eigenvalue weighted by molar-refractivity contribution is 5.54. The fourth-order valence-corrected chi connectivity index (χ4v) is 7.32. The molecule has 4 atom stereocenters. The van der Waals surface area contributed by atoms with Crippen molar-refractivity contribution in [2.45, 2.75) is 51.0 Å². The van der Waals surface area contributed by atoms with Crippen LogP contribution in [0.25, 0.3) is 5.69 Å². The third-order valence-electron chi connectivity index (χ3n) is 10.2. The highest BCUT2D eigenvalue weighted by Gasteiger charge is 2.44. The van der Waals surface area contributed by atoms with Crippen LogP contribution in [-0.4, -0.2) is 74.6 Å². The molecule has 0 bridgehead atoms. The molecule has 274 valence electrons. The van der Waals surface area contributed by atoms with E-state index in [1.807, 2.05) is 50.2 Å². The third kappa shape index (κ3) is 7.29. The number of piperazine rings is 1. The monoisotopic (exact) mass is 715 g/mol. The summed E-state index contributed by atoms with van der Waals surface area (Å²) in [4.78, 5) is 26.8. The molecule has 0 saturated carbocycles. The maximum absolute atomic E-state index is 15.0. The predicted molar refractivity (Wildman–Crippen MR) is 190 cm³/mol. The lowest BCUT2D eigenvalue weighted by molar-refractivity contribution is -0.0206. The van der Waals surface area contributed by atoms with Crippen LogP contribution in [0.4, 0.5) is 20.2 Å². The maximum atomic E-state index is 15.0. The summed E-state index contributed by atoms with van der Waals surface area (Å²) in [6, 6.07) is 19.3. The Labute approximate surface area is 300 Å². The molecule has 0 aliphatic carbocycles. The van der Waals surface area contributed by atoms with Crippen LogP contribution in [0.15, 0.2) is 90.5 Å². The van der Waals surface area contributed by atoms with E-state index >= 15 is 0 Å². The van der Waals surface area contributed by atoms with E-state index in [1.165, 1.54) is 34.0 Å². The van der Waals surface area contributed by atoms with Gasteiger partial charge in [0.1, 0.15) is 42.0 Å². The molecule has 13 nitrogen and oxygen atoms in total. The molecule has 0 spiro atoms. The highest BCUT2D eigenvalue weighted by Crippen LogP contribution is 2.42. The average molecular weight is 716 g/mol. The Morgan fingerprint density at radius 3 is 2.23 bits per heavy atom. The second-order valence-corrected chi connectivity index (χ2v) is 13.4. The predicted octanol–water partition coefficient (Wildman–Crippen LogP) is 4.47. The molecule has 15 heteroatoms. The summed E-state index contributed by atoms with van der Waals surface area (Å²) in [5.41, 5.74) is 1.99. The SMILES string of the molecule is CCC(C(C)ON)n1ncn(-c2ccc(N3CCN(c4ccc(OCC5COC(Cn6cncn6)(c6ccc(F)cc6F)C5)cc4)CC3)cc2)c1=O. The number of hydrogen-bond acceptors (Lipinski definition) is 10. The number of nitrogens with zero attached hydrogens (tertiary/aromatic N) is 8. The Bertz CT molecular complexity index is 1980. The summed E-state index contributed by atoms with van der Waals surface area (Å²) in [6.45, 7) is 8.18. The Balaban J connectivity index is 0.922. The standard InChI is InChI=1S/C37H43F2N9O4/c1-3-35(26(2)52-40)48-36(49)47(25-43-48)31-7-5-29(6-8-31)44-14-16-45(17-15-44)30-9-11-32(12-10-30)50-20-27-19-37(51-21-27,22-46-24-41-23-42-46)33-13-4-28(38)18-34(33)39/h4-13,18,23-27,35H,3,14-17,19-22,40H2,1-2H3. The minimum Gasteiger partial charge on any atom is -0.493 e. The molecule has 0 radical (unpaired) electrons. The number of aromatic nitrogens is 6. The number of anilines is 2. The molecule has 0 amide bonds. The van der Waals surface area contributed by atoms with Gasteiger partial charge in [-0.25, -0.2) is 38.4 Å². The van der Waals surface area contributed by atoms with E-state index in [1.54, 1.807) is 11.0 Å². The van der Waals surface area contributed by atoms with Crippen LogP contribution in [0.2, 0.25) is 0 Å². The molecule has 2 saturated heterocycles. The first-order valence-corrected chi connectivity index (χ1v) is 17.5. The van der Waals surface area contributed by atoms with Crippen molar-refractivity contribution in [3.63, 3.8) is 0 Å². The number of halogens is 2. The summed E-state index contributed by atoms with van der Waals surface area (Å²) in [6.07, 6.45) is 5.30. The van der Waals surface area contributed by atoms with Crippen molar-refractivity contribution in [2.75, 3.05) is 49.2 Å². The molecule has 3 aromatic carbocycles. The Kier molecular flexibility index (Phi) is 10.3. The van der Waals surface area contributed by atoms with Gasteiger partial charge in [0.2, 0.25) is 0 Å². The van der Waals surface area contributed by atoms with Crippen LogP contribution in [-0.2, 0) is 21.7 Å². The van der Waals surface area contributed by atoms with E-state index in [0.717, 1.165) is 55.1 Å². The summed E-state index contributed by atoms with van der Waals surface area (Å²) in [7, 11) is 0. The molecule has 4 heterocycles. The van der Waals surface area contributed by atoms with Crippen molar-refractivity contribution >= 4 is 11.4 Å². The summed E-state index contributed by atoms with van der Waals surface area (Å²) in [5.74, 6) is 4.82. The Morgan fingerprint density at radius 2 is 1.62 bits per heavy atom. The summed E-state index contributed by atoms with van der Waals surface area (Å²) in [5, 5.41) is 8.51. The van der Waals surface area contributed by atoms with Crippen molar-refractivity contribution in [3.8, 4) is 11.4 Å². The molecular weight excluding hydrogens is 672 g/mol. The van der Waals surface area contributed by atoms with Crippen molar-refractivity contribution in [3.05, 3.63) is 113 Å². The fraction of sp³-hybridized carbons (Fsp3) is 0.405. The van der Waals surface area contributed by atoms with Crippen LogP contribution in [0.5, 0.6) is 5.75 Å². The van der Waals surface area contributed by atoms with Crippen LogP contribution in [0.1, 0.15) is 38.3 Å². The molecular formula is C37H43F2N9O4. The normalized spacial score (nSPS) is 20.3. The Morgan fingerprint density at radius 1 is 0.942 bits per heavy atom. The highest BCUT2D eigenvalue weighted by atomic mass is 19.1. The number of nitrogens with two attached hydrogens (primary N) is 1. The van der Waals surface area contributed by atoms with Gasteiger partial charge in [0.15, 0.2) is 0 Å². The van der Waals surface area contributed by atoms with Gasteiger partial charge >= 0.3 is 5.69 Å². The first-order chi connectivity index (χ1) is 25.3. The lowest BCUT2D eigenvalue weighted by Gasteiger charge is -2.37. The van der Waals surface area contributed by atoms with E-state index in [9.17, 15) is 13.6 Å². The van der Waals surface area contributed by atoms with Crippen molar-refractivity contribution in [1.82, 2.24) is 29.1 Å². The van der Waals surface area contributed by atoms with Gasteiger partial charge in [0.05, 0.1) is 37.6 Å². The largest absolute Gasteiger partial charge is 0.493 e. The number of ether oxygens (including phenoxy) is 2. The first kappa shape index (κ1) is 35.3. The number of rotatable bonds is 13. The molecule has 7 rings (SSSR count). The van der Waals surface area contributed by atoms with Crippen LogP contribution in [0, 0.1) is 17.6 Å². The average Bonchev–Trinajstić information content (AvgIpc) is 3.93. The zero-order valence-corrected chi connectivity index (χ0v) is 29.2. The van der Waals surface area contributed by atoms with E-state index < -0.39 is 17.2 Å². The van der Waals surface area contributed by atoms with Gasteiger partial charge in [-0.05, 0) is 74.4 Å². The molecule has 2 N–H and O–H groups in total. The van der Waals surface area contributed by atoms with Crippen LogP contribution < -0.4 is 26.1 Å². The van der Waals surface area contributed by atoms with Crippen LogP contribution in [0.3, 0.4) is 0 Å². The number of benzene rings is 3. The van der Waals surface area contributed by atoms with E-state index in [2.05, 4.69) is 37.1 Å². The zero-order chi connectivity index (χ0) is 36.2. The number of hydrogen-bond donors (Lipinski definition) is 1. The minimum absolute atomic E-state index is 0.0119. The Hall–Kier alpha value is -5.12. The smallest absolute Gasteiger partial charge is 0.350 e. The van der Waals surface area contributed by atoms with Crippen molar-refractivity contribution in [1.29, 1.82) is 0 Å². The zero-order valence-electron chi connectivity index (χ0n) is 29.2. The minimum atomic E-state index is -1.02. The van der Waals surface area contributed by atoms with Crippen LogP contribution >= 0.6 is 0 Å². The second-order valence-electron chi connectivity index (χ2n) is 13.4. The quantitative estimate of drug-likeness (QED) is 0.174. The first-order valence-electron chi connectivity index (χ1n) is 17.5. The van der Waals surface area contributed by atoms with Gasteiger partial charge in [0.25, 0.3) is 0 Å². The van der Waals surface area contributed by atoms with Gasteiger partial charge in [-0.1, -0.05) is 13.0 Å². The molecule has 2 fully saturated rings. The molecule has 4 unspecified atom stereocenters. The molecule has 2 aromatic heterocycles. The van der Waals surface area contributed by atoms with Gasteiger partial charge in [0, 0.05) is 55.1 Å². The van der Waals surface area contributed by atoms with E-state index in [0.29, 0.717) is 31.6 Å². The van der Waals surface area contributed by atoms with Crippen molar-refractivity contribution < 1.29 is 23.1 Å². The van der Waals surface area contributed by atoms with E-state index in [-0.39, 0.29) is 30.3 Å². The van der Waals surface area contributed by atoms with E-state index in [4.69, 9.17) is 20.2 Å². The van der Waals surface area contributed by atoms with Gasteiger partial charge in [-0.2, -0.15) is 10.2 Å². The fourth-order valence-electron chi connectivity index (χ4n) is 7.32. The van der Waals surface area contributed by atoms with Gasteiger partial charge in [-0.15, -0.1) is 0 Å². The molecule has 2 aliphatic rings. The third-order valence-corrected chi connectivity index (χ3v) is 10.2. The lowest BCUT2D eigenvalue weighted by atomic mass is 9.87. The topological polar surface area (TPSA) is 131 Å². The molecule has 5 aromatic rings.